The van der Waals surface area contributed by atoms with Gasteiger partial charge in [0, 0.05) is 52.6 Å². The van der Waals surface area contributed by atoms with Gasteiger partial charge in [0.05, 0.1) is 47.0 Å². The fraction of sp³-hybridized carbons (Fsp3) is 0.429. The van der Waals surface area contributed by atoms with Crippen LogP contribution in [0.4, 0.5) is 0 Å². The van der Waals surface area contributed by atoms with Crippen molar-refractivity contribution in [1.82, 2.24) is 40.4 Å². The van der Waals surface area contributed by atoms with Crippen LogP contribution in [-0.4, -0.2) is 102 Å². The summed E-state index contributed by atoms with van der Waals surface area (Å²) < 4.78 is 19.6. The van der Waals surface area contributed by atoms with Crippen molar-refractivity contribution in [2.75, 3.05) is 19.8 Å². The zero-order valence-corrected chi connectivity index (χ0v) is 41.1. The number of aryl methyl sites for hydroxylation is 3. The molecule has 1 aliphatic carbocycles. The molecule has 0 bridgehead atoms. The van der Waals surface area contributed by atoms with Crippen LogP contribution in [0.25, 0.3) is 15.4 Å². The quantitative estimate of drug-likeness (QED) is 0.0819. The Kier molecular flexibility index (Phi) is 13.9. The van der Waals surface area contributed by atoms with Gasteiger partial charge in [0.2, 0.25) is 17.7 Å². The highest BCUT2D eigenvalue weighted by molar-refractivity contribution is 7.15. The minimum Gasteiger partial charge on any atom is -0.473 e. The number of carbonyl (C=O) groups excluding carboxylic acids is 3. The summed E-state index contributed by atoms with van der Waals surface area (Å²) in [7, 11) is 0. The molecule has 2 fully saturated rings. The van der Waals surface area contributed by atoms with Gasteiger partial charge in [0.1, 0.15) is 35.4 Å². The molecule has 68 heavy (non-hydrogen) atoms. The van der Waals surface area contributed by atoms with Gasteiger partial charge in [-0.05, 0) is 80.4 Å². The summed E-state index contributed by atoms with van der Waals surface area (Å²) >= 11 is 9.51. The molecular weight excluding hydrogens is 926 g/mol. The number of halogens is 1. The first kappa shape index (κ1) is 47.3. The van der Waals surface area contributed by atoms with E-state index in [2.05, 4.69) is 44.8 Å². The van der Waals surface area contributed by atoms with Crippen molar-refractivity contribution in [2.45, 2.75) is 110 Å². The lowest BCUT2D eigenvalue weighted by Gasteiger charge is -2.35. The Balaban J connectivity index is 0.744. The van der Waals surface area contributed by atoms with E-state index in [1.165, 1.54) is 9.78 Å². The number of rotatable bonds is 16. The summed E-state index contributed by atoms with van der Waals surface area (Å²) in [5.41, 5.74) is 8.61. The van der Waals surface area contributed by atoms with Gasteiger partial charge in [0.15, 0.2) is 11.6 Å². The number of aliphatic hydroxyl groups is 1. The number of aromatic nitrogens is 5. The molecule has 6 heterocycles. The Bertz CT molecular complexity index is 2830. The SMILES string of the molecule is Cc1ncsc1-c1ccc(CNC(=O)[C@@H]2C[C@@H](O)CN2C(=O)[C@@H](c2cc(OCCO[C@H]3C[C@@H](NC(=O)C[C@@H]4N=C(c5ccc(Cl)cc5)c5c(sc(C)c5C)-n5c(C)nnc54)C3)no2)C(C)C)cc1. The van der Waals surface area contributed by atoms with E-state index in [1.54, 1.807) is 28.7 Å². The Morgan fingerprint density at radius 3 is 2.46 bits per heavy atom. The second-order valence-electron chi connectivity index (χ2n) is 18.1. The minimum atomic E-state index is -0.839. The van der Waals surface area contributed by atoms with E-state index in [-0.39, 0.29) is 80.8 Å². The van der Waals surface area contributed by atoms with Gasteiger partial charge in [0.25, 0.3) is 5.88 Å². The van der Waals surface area contributed by atoms with Crippen LogP contribution in [0.1, 0.15) is 102 Å². The number of ether oxygens (including phenoxy) is 2. The molecule has 3 amide bonds. The minimum absolute atomic E-state index is 0.0321. The molecule has 2 aliphatic heterocycles. The average molecular weight is 981 g/mol. The van der Waals surface area contributed by atoms with E-state index in [0.29, 0.717) is 29.4 Å². The van der Waals surface area contributed by atoms with Gasteiger partial charge >= 0.3 is 0 Å². The number of fused-ring (bicyclic) bond motifs is 3. The third kappa shape index (κ3) is 9.87. The van der Waals surface area contributed by atoms with Crippen LogP contribution in [0, 0.1) is 33.6 Å². The van der Waals surface area contributed by atoms with Gasteiger partial charge in [-0.1, -0.05) is 61.8 Å². The summed E-state index contributed by atoms with van der Waals surface area (Å²) in [5, 5.41) is 31.4. The third-order valence-corrected chi connectivity index (χ3v) is 15.3. The maximum atomic E-state index is 14.1. The Morgan fingerprint density at radius 1 is 0.985 bits per heavy atom. The van der Waals surface area contributed by atoms with Gasteiger partial charge < -0.3 is 34.6 Å². The first-order chi connectivity index (χ1) is 32.7. The summed E-state index contributed by atoms with van der Waals surface area (Å²) in [4.78, 5) is 54.5. The van der Waals surface area contributed by atoms with Gasteiger partial charge in [-0.3, -0.25) is 23.9 Å². The van der Waals surface area contributed by atoms with E-state index in [0.717, 1.165) is 54.9 Å². The predicted octanol–water partition coefficient (Wildman–Crippen LogP) is 7.37. The van der Waals surface area contributed by atoms with Crippen molar-refractivity contribution in [3.63, 3.8) is 0 Å². The molecule has 0 spiro atoms. The number of nitrogens with one attached hydrogen (secondary N) is 2. The second-order valence-corrected chi connectivity index (χ2v) is 20.5. The molecule has 0 radical (unpaired) electrons. The molecule has 19 heteroatoms. The number of amides is 3. The Labute approximate surface area is 407 Å². The van der Waals surface area contributed by atoms with Crippen LogP contribution in [0.3, 0.4) is 0 Å². The lowest BCUT2D eigenvalue weighted by atomic mass is 9.89. The summed E-state index contributed by atoms with van der Waals surface area (Å²) in [5.74, 6) is 0.110. The lowest BCUT2D eigenvalue weighted by molar-refractivity contribution is -0.141. The molecular formula is C49H54ClN9O7S2. The van der Waals surface area contributed by atoms with E-state index < -0.39 is 24.1 Å². The number of carbonyl (C=O) groups is 3. The predicted molar refractivity (Wildman–Crippen MR) is 259 cm³/mol. The van der Waals surface area contributed by atoms with Crippen molar-refractivity contribution in [3.8, 4) is 21.3 Å². The fourth-order valence-electron chi connectivity index (χ4n) is 9.14. The molecule has 356 valence electrons. The third-order valence-electron chi connectivity index (χ3n) is 12.9. The summed E-state index contributed by atoms with van der Waals surface area (Å²) in [6.07, 6.45) is 0.639. The van der Waals surface area contributed by atoms with Crippen molar-refractivity contribution in [2.24, 2.45) is 10.9 Å². The topological polar surface area (TPSA) is 199 Å². The van der Waals surface area contributed by atoms with Crippen molar-refractivity contribution < 1.29 is 33.5 Å². The number of aliphatic hydroxyl groups excluding tert-OH is 1. The highest BCUT2D eigenvalue weighted by Crippen LogP contribution is 2.40. The molecule has 0 unspecified atom stereocenters. The first-order valence-corrected chi connectivity index (χ1v) is 24.9. The highest BCUT2D eigenvalue weighted by Gasteiger charge is 2.43. The largest absolute Gasteiger partial charge is 0.473 e. The molecule has 3 aliphatic rings. The van der Waals surface area contributed by atoms with Crippen LogP contribution >= 0.6 is 34.3 Å². The zero-order chi connectivity index (χ0) is 47.8. The van der Waals surface area contributed by atoms with Gasteiger partial charge in [-0.25, -0.2) is 4.98 Å². The fourth-order valence-corrected chi connectivity index (χ4v) is 11.3. The van der Waals surface area contributed by atoms with Gasteiger partial charge in [-0.2, -0.15) is 0 Å². The molecule has 16 nitrogen and oxygen atoms in total. The second kappa shape index (κ2) is 20.0. The summed E-state index contributed by atoms with van der Waals surface area (Å²) in [6, 6.07) is 15.7. The Morgan fingerprint density at radius 2 is 1.74 bits per heavy atom. The number of nitrogens with zero attached hydrogens (tertiary/aromatic N) is 7. The van der Waals surface area contributed by atoms with Gasteiger partial charge in [-0.15, -0.1) is 32.9 Å². The molecule has 2 aromatic carbocycles. The number of hydrogen-bond acceptors (Lipinski definition) is 14. The van der Waals surface area contributed by atoms with Crippen LogP contribution in [0.5, 0.6) is 5.88 Å². The van der Waals surface area contributed by atoms with Crippen LogP contribution in [0.15, 0.2) is 69.6 Å². The Hall–Kier alpha value is -5.79. The number of β-amino-alcohol motifs (C(OH)–C–C–N with tert-alkyl or cyclic N) is 1. The zero-order valence-electron chi connectivity index (χ0n) is 38.7. The molecule has 4 aromatic heterocycles. The molecule has 1 saturated carbocycles. The smallest absolute Gasteiger partial charge is 0.254 e. The van der Waals surface area contributed by atoms with Crippen molar-refractivity contribution >= 4 is 57.7 Å². The normalized spacial score (nSPS) is 20.3. The molecule has 4 atom stereocenters. The average Bonchev–Trinajstić information content (AvgIpc) is 4.14. The molecule has 6 aromatic rings. The lowest BCUT2D eigenvalue weighted by Crippen LogP contribution is -2.48. The standard InChI is InChI=1S/C49H54ClN9O7S2/c1-25(2)42(48(63)58-23-35(60)19-38(58)47(62)51-22-30-7-9-32(10-8-30)45-27(4)52-24-67-45)39-21-41(57-66-39)65-16-15-64-36-17-34(18-36)53-40(61)20-37-46-56-55-29(6)59(46)49-43(26(3)28(5)68-49)44(54-37)31-11-13-33(50)14-12-31/h7-14,21,24-25,34-38,42,60H,15-20,22-23H2,1-6H3,(H,51,62)(H,53,61)/t34-,35-,36+,37+,38+,42-/m1/s1. The molecule has 3 N–H and O–H groups in total. The number of aliphatic imine (C=N–C) groups is 1. The maximum absolute atomic E-state index is 14.1. The molecule has 1 saturated heterocycles. The molecule has 9 rings (SSSR count). The van der Waals surface area contributed by atoms with E-state index in [9.17, 15) is 19.5 Å². The van der Waals surface area contributed by atoms with Crippen LogP contribution < -0.4 is 15.4 Å². The van der Waals surface area contributed by atoms with E-state index in [4.69, 9.17) is 30.6 Å². The number of hydrogen-bond donors (Lipinski definition) is 3. The van der Waals surface area contributed by atoms with Crippen molar-refractivity contribution in [1.29, 1.82) is 0 Å². The monoisotopic (exact) mass is 979 g/mol. The summed E-state index contributed by atoms with van der Waals surface area (Å²) in [6.45, 7) is 12.6. The van der Waals surface area contributed by atoms with Crippen LogP contribution in [0.2, 0.25) is 5.02 Å². The first-order valence-electron chi connectivity index (χ1n) is 22.8. The van der Waals surface area contributed by atoms with E-state index in [1.807, 2.05) is 86.3 Å². The number of thiazole rings is 1. The van der Waals surface area contributed by atoms with Crippen LogP contribution in [-0.2, 0) is 25.7 Å². The number of thiophene rings is 1. The number of likely N-dealkylation sites (tertiary alicyclic amines) is 1. The van der Waals surface area contributed by atoms with E-state index >= 15 is 0 Å². The van der Waals surface area contributed by atoms with Crippen molar-refractivity contribution in [3.05, 3.63) is 115 Å². The highest BCUT2D eigenvalue weighted by atomic mass is 35.5. The maximum Gasteiger partial charge on any atom is 0.254 e. The number of benzene rings is 2.